The number of methoxy groups -OCH3 is 2. The molecule has 1 aromatic rings. The lowest BCUT2D eigenvalue weighted by Crippen LogP contribution is -2.26. The Morgan fingerprint density at radius 1 is 1.38 bits per heavy atom. The predicted octanol–water partition coefficient (Wildman–Crippen LogP) is 1.55. The van der Waals surface area contributed by atoms with Crippen molar-refractivity contribution in [3.05, 3.63) is 29.8 Å². The molecule has 0 fully saturated rings. The van der Waals surface area contributed by atoms with E-state index in [1.165, 1.54) is 7.11 Å². The molecule has 1 atom stereocenters. The van der Waals surface area contributed by atoms with Crippen molar-refractivity contribution in [3.63, 3.8) is 0 Å². The highest BCUT2D eigenvalue weighted by molar-refractivity contribution is 5.85. The molecule has 16 heavy (non-hydrogen) atoms. The van der Waals surface area contributed by atoms with Gasteiger partial charge in [0.15, 0.2) is 0 Å². The first kappa shape index (κ1) is 14.7. The van der Waals surface area contributed by atoms with Gasteiger partial charge >= 0.3 is 5.97 Å². The molecule has 0 heterocycles. The van der Waals surface area contributed by atoms with Crippen LogP contribution in [0.2, 0.25) is 0 Å². The van der Waals surface area contributed by atoms with Gasteiger partial charge in [-0.3, -0.25) is 0 Å². The molecule has 0 spiro atoms. The molecule has 1 unspecified atom stereocenters. The van der Waals surface area contributed by atoms with E-state index in [9.17, 15) is 4.79 Å². The Kier molecular flexibility index (Phi) is 6.53. The van der Waals surface area contributed by atoms with Gasteiger partial charge in [-0.1, -0.05) is 12.1 Å². The fourth-order valence-electron chi connectivity index (χ4n) is 1.36. The molecule has 0 aromatic heterocycles. The molecule has 90 valence electrons. The summed E-state index contributed by atoms with van der Waals surface area (Å²) in [5.41, 5.74) is 0.823. The Bertz CT molecular complexity index is 344. The van der Waals surface area contributed by atoms with Crippen molar-refractivity contribution in [2.24, 2.45) is 0 Å². The number of benzene rings is 1. The summed E-state index contributed by atoms with van der Waals surface area (Å²) in [6, 6.07) is 6.86. The van der Waals surface area contributed by atoms with Crippen LogP contribution < -0.4 is 10.1 Å². The Hall–Kier alpha value is -1.26. The Labute approximate surface area is 101 Å². The van der Waals surface area contributed by atoms with E-state index in [4.69, 9.17) is 4.74 Å². The molecular formula is C11H16ClNO3. The number of nitrogens with one attached hydrogen (secondary N) is 1. The number of hydrogen-bond acceptors (Lipinski definition) is 4. The van der Waals surface area contributed by atoms with Crippen molar-refractivity contribution >= 4 is 18.4 Å². The summed E-state index contributed by atoms with van der Waals surface area (Å²) < 4.78 is 9.77. The van der Waals surface area contributed by atoms with Gasteiger partial charge < -0.3 is 14.8 Å². The van der Waals surface area contributed by atoms with Crippen LogP contribution in [0.3, 0.4) is 0 Å². The molecule has 0 saturated heterocycles. The SMILES string of the molecule is CNC(C(=O)OC)c1cccc(OC)c1.Cl. The highest BCUT2D eigenvalue weighted by atomic mass is 35.5. The number of esters is 1. The van der Waals surface area contributed by atoms with Crippen LogP contribution in [0.4, 0.5) is 0 Å². The first-order valence-electron chi connectivity index (χ1n) is 4.62. The minimum atomic E-state index is -0.454. The van der Waals surface area contributed by atoms with Gasteiger partial charge in [-0.2, -0.15) is 0 Å². The number of ether oxygens (including phenoxy) is 2. The maximum Gasteiger partial charge on any atom is 0.327 e. The van der Waals surface area contributed by atoms with Gasteiger partial charge in [-0.25, -0.2) is 4.79 Å². The van der Waals surface area contributed by atoms with Crippen LogP contribution in [-0.4, -0.2) is 27.2 Å². The van der Waals surface area contributed by atoms with Crippen molar-refractivity contribution in [1.29, 1.82) is 0 Å². The Morgan fingerprint density at radius 3 is 2.56 bits per heavy atom. The van der Waals surface area contributed by atoms with E-state index in [0.717, 1.165) is 11.3 Å². The summed E-state index contributed by atoms with van der Waals surface area (Å²) in [5.74, 6) is 0.405. The maximum atomic E-state index is 11.4. The van der Waals surface area contributed by atoms with Gasteiger partial charge in [0.1, 0.15) is 11.8 Å². The van der Waals surface area contributed by atoms with Crippen LogP contribution >= 0.6 is 12.4 Å². The van der Waals surface area contributed by atoms with Gasteiger partial charge in [-0.15, -0.1) is 12.4 Å². The summed E-state index contributed by atoms with van der Waals surface area (Å²) in [5, 5.41) is 2.89. The van der Waals surface area contributed by atoms with Crippen molar-refractivity contribution in [2.45, 2.75) is 6.04 Å². The lowest BCUT2D eigenvalue weighted by Gasteiger charge is -2.14. The molecule has 0 radical (unpaired) electrons. The highest BCUT2D eigenvalue weighted by Crippen LogP contribution is 2.19. The molecule has 1 aromatic carbocycles. The van der Waals surface area contributed by atoms with Crippen molar-refractivity contribution < 1.29 is 14.3 Å². The van der Waals surface area contributed by atoms with Crippen LogP contribution in [0.1, 0.15) is 11.6 Å². The average Bonchev–Trinajstić information content (AvgIpc) is 2.30. The second-order valence-electron chi connectivity index (χ2n) is 3.02. The maximum absolute atomic E-state index is 11.4. The standard InChI is InChI=1S/C11H15NO3.ClH/c1-12-10(11(13)15-3)8-5-4-6-9(7-8)14-2;/h4-7,10,12H,1-3H3;1H. The Morgan fingerprint density at radius 2 is 2.06 bits per heavy atom. The topological polar surface area (TPSA) is 47.6 Å². The molecule has 0 saturated carbocycles. The number of rotatable bonds is 4. The van der Waals surface area contributed by atoms with Gasteiger partial charge in [0, 0.05) is 0 Å². The minimum absolute atomic E-state index is 0. The molecule has 5 heteroatoms. The summed E-state index contributed by atoms with van der Waals surface area (Å²) >= 11 is 0. The number of likely N-dealkylation sites (N-methyl/N-ethyl adjacent to an activating group) is 1. The largest absolute Gasteiger partial charge is 0.497 e. The number of carbonyl (C=O) groups excluding carboxylic acids is 1. The van der Waals surface area contributed by atoms with Crippen LogP contribution in [-0.2, 0) is 9.53 Å². The zero-order valence-electron chi connectivity index (χ0n) is 9.52. The molecule has 0 bridgehead atoms. The number of carbonyl (C=O) groups is 1. The molecular weight excluding hydrogens is 230 g/mol. The van der Waals surface area contributed by atoms with Crippen molar-refractivity contribution in [1.82, 2.24) is 5.32 Å². The van der Waals surface area contributed by atoms with Gasteiger partial charge in [-0.05, 0) is 24.7 Å². The zero-order valence-corrected chi connectivity index (χ0v) is 10.3. The Balaban J connectivity index is 0.00000225. The predicted molar refractivity (Wildman–Crippen MR) is 64.1 cm³/mol. The third-order valence-corrected chi connectivity index (χ3v) is 2.15. The van der Waals surface area contributed by atoms with Crippen LogP contribution in [0, 0.1) is 0 Å². The fourth-order valence-corrected chi connectivity index (χ4v) is 1.36. The van der Waals surface area contributed by atoms with Crippen LogP contribution in [0.25, 0.3) is 0 Å². The summed E-state index contributed by atoms with van der Waals surface area (Å²) in [6.45, 7) is 0. The highest BCUT2D eigenvalue weighted by Gasteiger charge is 2.19. The minimum Gasteiger partial charge on any atom is -0.497 e. The lowest BCUT2D eigenvalue weighted by atomic mass is 10.1. The molecule has 1 N–H and O–H groups in total. The molecule has 0 amide bonds. The van der Waals surface area contributed by atoms with Crippen molar-refractivity contribution in [2.75, 3.05) is 21.3 Å². The summed E-state index contributed by atoms with van der Waals surface area (Å²) in [7, 11) is 4.67. The molecule has 1 rings (SSSR count). The normalized spacial score (nSPS) is 11.2. The second-order valence-corrected chi connectivity index (χ2v) is 3.02. The number of halogens is 1. The molecule has 0 aliphatic heterocycles. The molecule has 4 nitrogen and oxygen atoms in total. The van der Waals surface area contributed by atoms with Crippen LogP contribution in [0.5, 0.6) is 5.75 Å². The van der Waals surface area contributed by atoms with E-state index in [2.05, 4.69) is 10.1 Å². The van der Waals surface area contributed by atoms with E-state index >= 15 is 0 Å². The third kappa shape index (κ3) is 3.40. The van der Waals surface area contributed by atoms with Crippen LogP contribution in [0.15, 0.2) is 24.3 Å². The average molecular weight is 246 g/mol. The van der Waals surface area contributed by atoms with E-state index in [-0.39, 0.29) is 18.4 Å². The number of hydrogen-bond donors (Lipinski definition) is 1. The van der Waals surface area contributed by atoms with Crippen molar-refractivity contribution in [3.8, 4) is 5.75 Å². The van der Waals surface area contributed by atoms with Gasteiger partial charge in [0.2, 0.25) is 0 Å². The molecule has 0 aliphatic rings. The fraction of sp³-hybridized carbons (Fsp3) is 0.364. The lowest BCUT2D eigenvalue weighted by molar-refractivity contribution is -0.143. The molecule has 0 aliphatic carbocycles. The quantitative estimate of drug-likeness (QED) is 0.818. The first-order valence-corrected chi connectivity index (χ1v) is 4.62. The summed E-state index contributed by atoms with van der Waals surface area (Å²) in [4.78, 5) is 11.4. The summed E-state index contributed by atoms with van der Waals surface area (Å²) in [6.07, 6.45) is 0. The van der Waals surface area contributed by atoms with E-state index in [0.29, 0.717) is 0 Å². The second kappa shape index (κ2) is 7.09. The van der Waals surface area contributed by atoms with E-state index < -0.39 is 6.04 Å². The zero-order chi connectivity index (χ0) is 11.3. The monoisotopic (exact) mass is 245 g/mol. The smallest absolute Gasteiger partial charge is 0.327 e. The van der Waals surface area contributed by atoms with E-state index in [1.54, 1.807) is 20.2 Å². The first-order chi connectivity index (χ1) is 7.22. The third-order valence-electron chi connectivity index (χ3n) is 2.15. The van der Waals surface area contributed by atoms with E-state index in [1.807, 2.05) is 18.2 Å². The van der Waals surface area contributed by atoms with Gasteiger partial charge in [0.05, 0.1) is 14.2 Å². The van der Waals surface area contributed by atoms with Gasteiger partial charge in [0.25, 0.3) is 0 Å².